The van der Waals surface area contributed by atoms with Crippen molar-refractivity contribution in [2.75, 3.05) is 4.90 Å². The molecule has 1 fully saturated rings. The Hall–Kier alpha value is -4.77. The summed E-state index contributed by atoms with van der Waals surface area (Å²) < 4.78 is 0. The van der Waals surface area contributed by atoms with Gasteiger partial charge in [0, 0.05) is 23.4 Å². The van der Waals surface area contributed by atoms with Crippen LogP contribution in [0.25, 0.3) is 5.76 Å². The standard InChI is InChI=1S/C25H17N3O5/c1-15-3-2-4-18(13-15)22-21(23(29)17-7-11-20(12-8-17)28(32)33)24(30)25(31)27(22)19-9-5-16(14-26)6-10-19/h2-13,22,29H,1H3/b23-21-. The maximum atomic E-state index is 13.1. The van der Waals surface area contributed by atoms with Gasteiger partial charge in [0.05, 0.1) is 28.2 Å². The third-order valence-corrected chi connectivity index (χ3v) is 5.43. The zero-order valence-corrected chi connectivity index (χ0v) is 17.4. The van der Waals surface area contributed by atoms with E-state index >= 15 is 0 Å². The molecule has 8 heteroatoms. The van der Waals surface area contributed by atoms with Crippen LogP contribution in [-0.4, -0.2) is 21.7 Å². The number of benzene rings is 3. The number of anilines is 1. The van der Waals surface area contributed by atoms with Gasteiger partial charge in [0.15, 0.2) is 0 Å². The quantitative estimate of drug-likeness (QED) is 0.211. The van der Waals surface area contributed by atoms with Crippen molar-refractivity contribution < 1.29 is 19.6 Å². The number of non-ortho nitro benzene ring substituents is 1. The molecule has 1 saturated heterocycles. The van der Waals surface area contributed by atoms with Gasteiger partial charge in [-0.25, -0.2) is 0 Å². The number of carbonyl (C=O) groups excluding carboxylic acids is 2. The van der Waals surface area contributed by atoms with Crippen molar-refractivity contribution in [1.29, 1.82) is 5.26 Å². The highest BCUT2D eigenvalue weighted by atomic mass is 16.6. The van der Waals surface area contributed by atoms with Crippen molar-refractivity contribution in [1.82, 2.24) is 0 Å². The molecule has 0 radical (unpaired) electrons. The third-order valence-electron chi connectivity index (χ3n) is 5.43. The maximum absolute atomic E-state index is 13.1. The van der Waals surface area contributed by atoms with Gasteiger partial charge >= 0.3 is 0 Å². The fraction of sp³-hybridized carbons (Fsp3) is 0.0800. The Morgan fingerprint density at radius 1 is 1.06 bits per heavy atom. The molecule has 0 aliphatic carbocycles. The highest BCUT2D eigenvalue weighted by Gasteiger charge is 2.47. The number of carbonyl (C=O) groups is 2. The van der Waals surface area contributed by atoms with Crippen LogP contribution in [0.3, 0.4) is 0 Å². The topological polar surface area (TPSA) is 125 Å². The average molecular weight is 439 g/mol. The van der Waals surface area contributed by atoms with Gasteiger partial charge in [-0.15, -0.1) is 0 Å². The summed E-state index contributed by atoms with van der Waals surface area (Å²) in [7, 11) is 0. The average Bonchev–Trinajstić information content (AvgIpc) is 3.09. The molecule has 33 heavy (non-hydrogen) atoms. The van der Waals surface area contributed by atoms with Crippen LogP contribution in [0.2, 0.25) is 0 Å². The van der Waals surface area contributed by atoms with Crippen LogP contribution in [0.15, 0.2) is 78.4 Å². The molecule has 4 rings (SSSR count). The SMILES string of the molecule is Cc1cccc(C2/C(=C(/O)c3ccc([N+](=O)[O-])cc3)C(=O)C(=O)N2c2ccc(C#N)cc2)c1. The number of hydrogen-bond donors (Lipinski definition) is 1. The first-order chi connectivity index (χ1) is 15.8. The van der Waals surface area contributed by atoms with E-state index in [1.54, 1.807) is 24.3 Å². The molecule has 1 aliphatic heterocycles. The highest BCUT2D eigenvalue weighted by molar-refractivity contribution is 6.51. The normalized spacial score (nSPS) is 17.1. The van der Waals surface area contributed by atoms with Crippen LogP contribution in [0, 0.1) is 28.4 Å². The molecular weight excluding hydrogens is 422 g/mol. The number of amides is 1. The Balaban J connectivity index is 1.91. The summed E-state index contributed by atoms with van der Waals surface area (Å²) in [6.45, 7) is 1.87. The molecule has 1 unspecified atom stereocenters. The number of rotatable bonds is 4. The van der Waals surface area contributed by atoms with Gasteiger partial charge < -0.3 is 5.11 Å². The van der Waals surface area contributed by atoms with Gasteiger partial charge in [-0.2, -0.15) is 5.26 Å². The van der Waals surface area contributed by atoms with Crippen molar-refractivity contribution in [3.05, 3.63) is 111 Å². The number of nitriles is 1. The minimum atomic E-state index is -0.923. The Bertz CT molecular complexity index is 1350. The monoisotopic (exact) mass is 439 g/mol. The molecule has 1 atom stereocenters. The van der Waals surface area contributed by atoms with E-state index in [1.807, 2.05) is 25.1 Å². The van der Waals surface area contributed by atoms with Crippen LogP contribution in [-0.2, 0) is 9.59 Å². The number of aryl methyl sites for hydroxylation is 1. The van der Waals surface area contributed by atoms with Crippen LogP contribution in [0.4, 0.5) is 11.4 Å². The Morgan fingerprint density at radius 3 is 2.30 bits per heavy atom. The molecule has 0 saturated carbocycles. The lowest BCUT2D eigenvalue weighted by atomic mass is 9.94. The van der Waals surface area contributed by atoms with E-state index in [2.05, 4.69) is 0 Å². The molecule has 0 aromatic heterocycles. The van der Waals surface area contributed by atoms with Gasteiger partial charge in [-0.05, 0) is 48.9 Å². The van der Waals surface area contributed by atoms with Gasteiger partial charge in [0.2, 0.25) is 0 Å². The van der Waals surface area contributed by atoms with Crippen LogP contribution < -0.4 is 4.90 Å². The number of Topliss-reactive ketones (excluding diaryl/α,β-unsaturated/α-hetero) is 1. The summed E-state index contributed by atoms with van der Waals surface area (Å²) >= 11 is 0. The molecule has 3 aromatic rings. The zero-order valence-electron chi connectivity index (χ0n) is 17.4. The van der Waals surface area contributed by atoms with E-state index in [9.17, 15) is 24.8 Å². The summed E-state index contributed by atoms with van der Waals surface area (Å²) in [6.07, 6.45) is 0. The molecule has 8 nitrogen and oxygen atoms in total. The van der Waals surface area contributed by atoms with Gasteiger partial charge in [-0.3, -0.25) is 24.6 Å². The van der Waals surface area contributed by atoms with Crippen molar-refractivity contribution >= 4 is 28.8 Å². The number of nitro benzene ring substituents is 1. The predicted octanol–water partition coefficient (Wildman–Crippen LogP) is 4.40. The molecule has 1 heterocycles. The van der Waals surface area contributed by atoms with E-state index in [4.69, 9.17) is 5.26 Å². The molecule has 3 aromatic carbocycles. The maximum Gasteiger partial charge on any atom is 0.300 e. The molecule has 0 bridgehead atoms. The first kappa shape index (κ1) is 21.5. The lowest BCUT2D eigenvalue weighted by molar-refractivity contribution is -0.384. The van der Waals surface area contributed by atoms with Crippen molar-refractivity contribution in [2.45, 2.75) is 13.0 Å². The van der Waals surface area contributed by atoms with E-state index in [-0.39, 0.29) is 16.8 Å². The van der Waals surface area contributed by atoms with Crippen molar-refractivity contribution in [3.63, 3.8) is 0 Å². The largest absolute Gasteiger partial charge is 0.507 e. The first-order valence-corrected chi connectivity index (χ1v) is 9.94. The van der Waals surface area contributed by atoms with E-state index in [0.717, 1.165) is 5.56 Å². The number of ketones is 1. The Labute approximate surface area is 188 Å². The van der Waals surface area contributed by atoms with Gasteiger partial charge in [0.25, 0.3) is 17.4 Å². The van der Waals surface area contributed by atoms with E-state index < -0.39 is 28.4 Å². The fourth-order valence-corrected chi connectivity index (χ4v) is 3.85. The summed E-state index contributed by atoms with van der Waals surface area (Å²) in [5.41, 5.74) is 2.19. The lowest BCUT2D eigenvalue weighted by Gasteiger charge is -2.25. The lowest BCUT2D eigenvalue weighted by Crippen LogP contribution is -2.29. The molecular formula is C25H17N3O5. The van der Waals surface area contributed by atoms with Crippen LogP contribution >= 0.6 is 0 Å². The van der Waals surface area contributed by atoms with E-state index in [1.165, 1.54) is 41.3 Å². The molecule has 1 amide bonds. The molecule has 1 N–H and O–H groups in total. The third kappa shape index (κ3) is 3.83. The Morgan fingerprint density at radius 2 is 1.73 bits per heavy atom. The second-order valence-corrected chi connectivity index (χ2v) is 7.55. The Kier molecular flexibility index (Phi) is 5.46. The van der Waals surface area contributed by atoms with Gasteiger partial charge in [-0.1, -0.05) is 29.8 Å². The predicted molar refractivity (Wildman–Crippen MR) is 120 cm³/mol. The zero-order chi connectivity index (χ0) is 23.7. The second-order valence-electron chi connectivity index (χ2n) is 7.55. The smallest absolute Gasteiger partial charge is 0.300 e. The highest BCUT2D eigenvalue weighted by Crippen LogP contribution is 2.42. The summed E-state index contributed by atoms with van der Waals surface area (Å²) in [5.74, 6) is -2.12. The molecule has 0 spiro atoms. The van der Waals surface area contributed by atoms with Crippen molar-refractivity contribution in [3.8, 4) is 6.07 Å². The number of aliphatic hydroxyl groups is 1. The minimum Gasteiger partial charge on any atom is -0.507 e. The van der Waals surface area contributed by atoms with Crippen LogP contribution in [0.5, 0.6) is 0 Å². The van der Waals surface area contributed by atoms with E-state index in [0.29, 0.717) is 16.8 Å². The van der Waals surface area contributed by atoms with Crippen LogP contribution in [0.1, 0.15) is 28.3 Å². The summed E-state index contributed by atoms with van der Waals surface area (Å²) in [5, 5.41) is 31.1. The summed E-state index contributed by atoms with van der Waals surface area (Å²) in [6, 6.07) is 19.6. The summed E-state index contributed by atoms with van der Waals surface area (Å²) in [4.78, 5) is 37.9. The van der Waals surface area contributed by atoms with Crippen molar-refractivity contribution in [2.24, 2.45) is 0 Å². The minimum absolute atomic E-state index is 0.121. The molecule has 1 aliphatic rings. The van der Waals surface area contributed by atoms with Gasteiger partial charge in [0.1, 0.15) is 5.76 Å². The fourth-order valence-electron chi connectivity index (χ4n) is 3.85. The second kappa shape index (κ2) is 8.40. The first-order valence-electron chi connectivity index (χ1n) is 9.94. The number of nitrogens with zero attached hydrogens (tertiary/aromatic N) is 3. The number of aliphatic hydroxyl groups excluding tert-OH is 1. The number of hydrogen-bond acceptors (Lipinski definition) is 6. The number of nitro groups is 1. The molecule has 162 valence electrons.